The molecule has 0 aromatic carbocycles. The van der Waals surface area contributed by atoms with Crippen molar-refractivity contribution < 1.29 is 8.94 Å². The first-order valence-electron chi connectivity index (χ1n) is 1.87. The summed E-state index contributed by atoms with van der Waals surface area (Å²) < 4.78 is 9.20. The summed E-state index contributed by atoms with van der Waals surface area (Å²) in [6, 6.07) is 0. The Morgan fingerprint density at radius 3 is 2.88 bits per heavy atom. The maximum Gasteiger partial charge on any atom is 0.154 e. The van der Waals surface area contributed by atoms with Crippen molar-refractivity contribution in [3.05, 3.63) is 25.0 Å². The maximum atomic E-state index is 4.65. The Morgan fingerprint density at radius 2 is 2.00 bits per heavy atom. The first kappa shape index (κ1) is 6.94. The van der Waals surface area contributed by atoms with Crippen LogP contribution in [0.5, 0.6) is 0 Å². The van der Waals surface area contributed by atoms with Crippen molar-refractivity contribution in [3.8, 4) is 0 Å². The molecule has 1 aromatic rings. The van der Waals surface area contributed by atoms with Crippen LogP contribution in [0.2, 0.25) is 0 Å². The summed E-state index contributed by atoms with van der Waals surface area (Å²) in [7, 11) is 0. The lowest BCUT2D eigenvalue weighted by Gasteiger charge is -1.62. The molecule has 1 aromatic heterocycles. The van der Waals surface area contributed by atoms with Crippen LogP contribution in [-0.2, 0) is 0 Å². The summed E-state index contributed by atoms with van der Waals surface area (Å²) in [5.41, 5.74) is 0. The molecule has 0 aliphatic carbocycles. The Balaban J connectivity index is 0.000000490. The van der Waals surface area contributed by atoms with Crippen LogP contribution in [0.3, 0.4) is 0 Å². The molecule has 0 amide bonds. The summed E-state index contributed by atoms with van der Waals surface area (Å²) in [6.07, 6.45) is 5.85. The molecule has 0 radical (unpaired) electrons. The molecule has 1 rings (SSSR count). The summed E-state index contributed by atoms with van der Waals surface area (Å²) in [5.74, 6) is 0. The molecule has 0 saturated heterocycles. The fraction of sp³-hybridized carbons (Fsp3) is 0. The van der Waals surface area contributed by atoms with Crippen LogP contribution >= 0.6 is 0 Å². The van der Waals surface area contributed by atoms with Gasteiger partial charge in [-0.2, -0.15) is 0 Å². The molecule has 0 aliphatic rings. The number of aromatic nitrogens is 1. The fourth-order valence-electron chi connectivity index (χ4n) is 0.251. The number of hydrogen-bond donors (Lipinski definition) is 1. The maximum absolute atomic E-state index is 4.65. The SMILES string of the molecule is B.c1cocco[nH]1. The molecule has 3 nitrogen and oxygen atoms in total. The highest BCUT2D eigenvalue weighted by Crippen LogP contribution is 1.74. The van der Waals surface area contributed by atoms with Gasteiger partial charge in [0.15, 0.2) is 6.26 Å². The van der Waals surface area contributed by atoms with E-state index in [1.807, 2.05) is 0 Å². The highest BCUT2D eigenvalue weighted by molar-refractivity contribution is 5.75. The molecule has 8 heavy (non-hydrogen) atoms. The second-order valence-electron chi connectivity index (χ2n) is 0.947. The van der Waals surface area contributed by atoms with Gasteiger partial charge in [-0.3, -0.25) is 0 Å². The lowest BCUT2D eigenvalue weighted by molar-refractivity contribution is 0.402. The van der Waals surface area contributed by atoms with E-state index in [0.29, 0.717) is 0 Å². The number of H-pyrrole nitrogens is 1. The highest BCUT2D eigenvalue weighted by atomic mass is 16.5. The molecule has 0 saturated carbocycles. The zero-order valence-electron chi connectivity index (χ0n) is 3.63. The minimum absolute atomic E-state index is 0. The zero-order chi connectivity index (χ0) is 4.95. The summed E-state index contributed by atoms with van der Waals surface area (Å²) in [5, 5.41) is 2.45. The smallest absolute Gasteiger partial charge is 0.154 e. The van der Waals surface area contributed by atoms with E-state index in [9.17, 15) is 0 Å². The molecule has 0 spiro atoms. The van der Waals surface area contributed by atoms with E-state index in [0.717, 1.165) is 0 Å². The molecule has 1 N–H and O–H groups in total. The summed E-state index contributed by atoms with van der Waals surface area (Å²) in [6.45, 7) is 0. The van der Waals surface area contributed by atoms with E-state index in [1.54, 1.807) is 6.20 Å². The Labute approximate surface area is 48.5 Å². The van der Waals surface area contributed by atoms with Crippen LogP contribution in [0.15, 0.2) is 33.9 Å². The van der Waals surface area contributed by atoms with Gasteiger partial charge in [0, 0.05) is 0 Å². The van der Waals surface area contributed by atoms with Crippen molar-refractivity contribution in [1.82, 2.24) is 5.16 Å². The standard InChI is InChI=1S/C4H5NO2.BH3/c1-2-6-3-4-7-5-1;/h1-5H;1H3. The van der Waals surface area contributed by atoms with E-state index in [-0.39, 0.29) is 8.41 Å². The second-order valence-corrected chi connectivity index (χ2v) is 0.947. The number of nitrogens with one attached hydrogen (secondary N) is 1. The van der Waals surface area contributed by atoms with Gasteiger partial charge in [0.1, 0.15) is 12.5 Å². The zero-order valence-corrected chi connectivity index (χ0v) is 3.63. The van der Waals surface area contributed by atoms with Gasteiger partial charge in [-0.25, -0.2) is 5.16 Å². The van der Waals surface area contributed by atoms with Crippen molar-refractivity contribution in [2.45, 2.75) is 0 Å². The molecule has 0 fully saturated rings. The highest BCUT2D eigenvalue weighted by Gasteiger charge is 1.58. The van der Waals surface area contributed by atoms with E-state index < -0.39 is 0 Å². The largest absolute Gasteiger partial charge is 0.468 e. The van der Waals surface area contributed by atoms with E-state index in [2.05, 4.69) is 14.1 Å². The van der Waals surface area contributed by atoms with Crippen LogP contribution in [-0.4, -0.2) is 13.6 Å². The van der Waals surface area contributed by atoms with Crippen LogP contribution in [0.1, 0.15) is 0 Å². The van der Waals surface area contributed by atoms with Gasteiger partial charge in [-0.1, -0.05) is 0 Å². The Kier molecular flexibility index (Phi) is 3.57. The average Bonchev–Trinajstić information content (AvgIpc) is 1.90. The molecule has 1 heterocycles. The van der Waals surface area contributed by atoms with Crippen LogP contribution < -0.4 is 0 Å². The van der Waals surface area contributed by atoms with E-state index in [1.165, 1.54) is 18.8 Å². The first-order valence-corrected chi connectivity index (χ1v) is 1.87. The lowest BCUT2D eigenvalue weighted by atomic mass is 10.8. The average molecular weight is 113 g/mol. The third kappa shape index (κ3) is 2.18. The van der Waals surface area contributed by atoms with E-state index >= 15 is 0 Å². The van der Waals surface area contributed by atoms with Crippen molar-refractivity contribution >= 4 is 8.41 Å². The van der Waals surface area contributed by atoms with Gasteiger partial charge in [0.25, 0.3) is 0 Å². The summed E-state index contributed by atoms with van der Waals surface area (Å²) >= 11 is 0. The summed E-state index contributed by atoms with van der Waals surface area (Å²) in [4.78, 5) is 0. The van der Waals surface area contributed by atoms with Crippen molar-refractivity contribution in [3.63, 3.8) is 0 Å². The Hall–Kier alpha value is -1.06. The van der Waals surface area contributed by atoms with Gasteiger partial charge in [0.2, 0.25) is 0 Å². The quantitative estimate of drug-likeness (QED) is 0.486. The van der Waals surface area contributed by atoms with Crippen LogP contribution in [0.4, 0.5) is 0 Å². The third-order valence-electron chi connectivity index (χ3n) is 0.485. The molecule has 0 aliphatic heterocycles. The normalized spacial score (nSPS) is 7.00. The monoisotopic (exact) mass is 113 g/mol. The van der Waals surface area contributed by atoms with Gasteiger partial charge in [0.05, 0.1) is 14.6 Å². The minimum Gasteiger partial charge on any atom is -0.468 e. The predicted octanol–water partition coefficient (Wildman–Crippen LogP) is 0.141. The van der Waals surface area contributed by atoms with Crippen LogP contribution in [0, 0.1) is 0 Å². The predicted molar refractivity (Wildman–Crippen MR) is 32.9 cm³/mol. The topological polar surface area (TPSA) is 42.1 Å². The first-order chi connectivity index (χ1) is 3.50. The molecule has 0 unspecified atom stereocenters. The van der Waals surface area contributed by atoms with Crippen molar-refractivity contribution in [2.75, 3.05) is 0 Å². The Bertz CT molecular complexity index is 102. The second kappa shape index (κ2) is 4.11. The third-order valence-corrected chi connectivity index (χ3v) is 0.485. The molecule has 0 atom stereocenters. The van der Waals surface area contributed by atoms with Crippen molar-refractivity contribution in [1.29, 1.82) is 0 Å². The number of hydrogen-bond acceptors (Lipinski definition) is 2. The van der Waals surface area contributed by atoms with Crippen LogP contribution in [0.25, 0.3) is 0 Å². The van der Waals surface area contributed by atoms with Crippen molar-refractivity contribution in [2.24, 2.45) is 0 Å². The Morgan fingerprint density at radius 1 is 1.12 bits per heavy atom. The fourth-order valence-corrected chi connectivity index (χ4v) is 0.251. The molecule has 44 valence electrons. The van der Waals surface area contributed by atoms with Gasteiger partial charge in [-0.05, 0) is 0 Å². The molecule has 0 bridgehead atoms. The lowest BCUT2D eigenvalue weighted by Crippen LogP contribution is -1.48. The van der Waals surface area contributed by atoms with Gasteiger partial charge < -0.3 is 8.94 Å². The molecule has 4 heteroatoms. The molecular weight excluding hydrogens is 105 g/mol. The number of rotatable bonds is 0. The van der Waals surface area contributed by atoms with Gasteiger partial charge in [-0.15, -0.1) is 0 Å². The molecular formula is C4H8BNO2. The number of aromatic amines is 1. The minimum atomic E-state index is 0. The van der Waals surface area contributed by atoms with Gasteiger partial charge >= 0.3 is 0 Å². The van der Waals surface area contributed by atoms with E-state index in [4.69, 9.17) is 0 Å².